The maximum absolute atomic E-state index is 6.15. The van der Waals surface area contributed by atoms with E-state index >= 15 is 0 Å². The highest BCUT2D eigenvalue weighted by Gasteiger charge is 2.06. The van der Waals surface area contributed by atoms with Gasteiger partial charge in [-0.3, -0.25) is 0 Å². The molecule has 19 heavy (non-hydrogen) atoms. The summed E-state index contributed by atoms with van der Waals surface area (Å²) in [6.45, 7) is 6.21. The molecule has 1 nitrogen and oxygen atoms in total. The molecule has 2 rings (SSSR count). The summed E-state index contributed by atoms with van der Waals surface area (Å²) in [4.78, 5) is 0. The smallest absolute Gasteiger partial charge is 0.0412 e. The minimum absolute atomic E-state index is 0.788. The Morgan fingerprint density at radius 2 is 1.95 bits per heavy atom. The van der Waals surface area contributed by atoms with E-state index in [1.54, 1.807) is 0 Å². The largest absolute Gasteiger partial charge is 0.313 e. The Hall–Kier alpha value is -1.31. The molecule has 0 amide bonds. The summed E-state index contributed by atoms with van der Waals surface area (Å²) in [5.74, 6) is 0. The summed E-state index contributed by atoms with van der Waals surface area (Å²) in [7, 11) is 0. The summed E-state index contributed by atoms with van der Waals surface area (Å²) in [6, 6.07) is 14.7. The third-order valence-corrected chi connectivity index (χ3v) is 3.38. The molecule has 0 aromatic heterocycles. The summed E-state index contributed by atoms with van der Waals surface area (Å²) < 4.78 is 0. The van der Waals surface area contributed by atoms with Gasteiger partial charge in [-0.2, -0.15) is 0 Å². The number of hydrogen-bond acceptors (Lipinski definition) is 1. The average Bonchev–Trinajstić information content (AvgIpc) is 2.40. The summed E-state index contributed by atoms with van der Waals surface area (Å²) in [5, 5.41) is 4.24. The molecule has 0 unspecified atom stereocenters. The second kappa shape index (κ2) is 6.74. The van der Waals surface area contributed by atoms with E-state index in [9.17, 15) is 0 Å². The third-order valence-electron chi connectivity index (χ3n) is 3.14. The van der Waals surface area contributed by atoms with E-state index in [0.29, 0.717) is 0 Å². The van der Waals surface area contributed by atoms with Crippen LogP contribution in [0.1, 0.15) is 24.5 Å². The van der Waals surface area contributed by atoms with Crippen molar-refractivity contribution in [2.45, 2.75) is 26.8 Å². The molecule has 100 valence electrons. The molecule has 2 heteroatoms. The van der Waals surface area contributed by atoms with E-state index in [1.165, 1.54) is 22.3 Å². The van der Waals surface area contributed by atoms with Crippen molar-refractivity contribution in [2.24, 2.45) is 0 Å². The fourth-order valence-electron chi connectivity index (χ4n) is 2.18. The van der Waals surface area contributed by atoms with Gasteiger partial charge in [0, 0.05) is 11.6 Å². The van der Waals surface area contributed by atoms with E-state index in [2.05, 4.69) is 55.6 Å². The van der Waals surface area contributed by atoms with Gasteiger partial charge >= 0.3 is 0 Å². The first-order chi connectivity index (χ1) is 9.20. The van der Waals surface area contributed by atoms with Crippen molar-refractivity contribution >= 4 is 11.6 Å². The Labute approximate surface area is 120 Å². The van der Waals surface area contributed by atoms with Gasteiger partial charge < -0.3 is 5.32 Å². The van der Waals surface area contributed by atoms with Crippen LogP contribution in [0, 0.1) is 6.92 Å². The lowest BCUT2D eigenvalue weighted by molar-refractivity contribution is 0.676. The molecular formula is C17H20ClN. The summed E-state index contributed by atoms with van der Waals surface area (Å²) in [5.41, 5.74) is 5.02. The lowest BCUT2D eigenvalue weighted by Gasteiger charge is -2.12. The van der Waals surface area contributed by atoms with Crippen LogP contribution in [0.3, 0.4) is 0 Å². The Morgan fingerprint density at radius 3 is 2.68 bits per heavy atom. The summed E-state index contributed by atoms with van der Waals surface area (Å²) >= 11 is 6.15. The van der Waals surface area contributed by atoms with Crippen LogP contribution in [0.2, 0.25) is 5.02 Å². The highest BCUT2D eigenvalue weighted by molar-refractivity contribution is 6.30. The fourth-order valence-corrected chi connectivity index (χ4v) is 2.36. The zero-order chi connectivity index (χ0) is 13.7. The fraction of sp³-hybridized carbons (Fsp3) is 0.294. The SMILES string of the molecule is CCCNCc1ccc(Cl)cc1-c1cccc(C)c1. The Morgan fingerprint density at radius 1 is 1.11 bits per heavy atom. The predicted octanol–water partition coefficient (Wildman–Crippen LogP) is 4.82. The van der Waals surface area contributed by atoms with Crippen LogP contribution in [0.5, 0.6) is 0 Å². The van der Waals surface area contributed by atoms with Crippen molar-refractivity contribution in [1.29, 1.82) is 0 Å². The van der Waals surface area contributed by atoms with Crippen molar-refractivity contribution in [3.8, 4) is 11.1 Å². The molecule has 1 N–H and O–H groups in total. The van der Waals surface area contributed by atoms with Gasteiger partial charge in [0.2, 0.25) is 0 Å². The van der Waals surface area contributed by atoms with Gasteiger partial charge in [-0.05, 0) is 48.7 Å². The maximum Gasteiger partial charge on any atom is 0.0412 e. The number of rotatable bonds is 5. The van der Waals surface area contributed by atoms with Gasteiger partial charge in [-0.25, -0.2) is 0 Å². The average molecular weight is 274 g/mol. The molecule has 0 bridgehead atoms. The lowest BCUT2D eigenvalue weighted by Crippen LogP contribution is -2.14. The Bertz CT molecular complexity index is 549. The topological polar surface area (TPSA) is 12.0 Å². The van der Waals surface area contributed by atoms with Crippen molar-refractivity contribution in [1.82, 2.24) is 5.32 Å². The molecule has 0 aliphatic heterocycles. The van der Waals surface area contributed by atoms with E-state index in [-0.39, 0.29) is 0 Å². The highest BCUT2D eigenvalue weighted by Crippen LogP contribution is 2.27. The van der Waals surface area contributed by atoms with Gasteiger partial charge in [0.25, 0.3) is 0 Å². The van der Waals surface area contributed by atoms with E-state index in [4.69, 9.17) is 11.6 Å². The first-order valence-corrected chi connectivity index (χ1v) is 7.14. The maximum atomic E-state index is 6.15. The van der Waals surface area contributed by atoms with Gasteiger partial charge in [-0.1, -0.05) is 54.4 Å². The van der Waals surface area contributed by atoms with E-state index < -0.39 is 0 Å². The van der Waals surface area contributed by atoms with Crippen LogP contribution in [0.4, 0.5) is 0 Å². The molecule has 0 aliphatic carbocycles. The van der Waals surface area contributed by atoms with Gasteiger partial charge in [-0.15, -0.1) is 0 Å². The van der Waals surface area contributed by atoms with Gasteiger partial charge in [0.15, 0.2) is 0 Å². The van der Waals surface area contributed by atoms with Crippen molar-refractivity contribution in [3.63, 3.8) is 0 Å². The van der Waals surface area contributed by atoms with Crippen molar-refractivity contribution in [3.05, 3.63) is 58.6 Å². The molecule has 2 aromatic rings. The molecule has 0 aliphatic rings. The number of nitrogens with one attached hydrogen (secondary N) is 1. The van der Waals surface area contributed by atoms with Gasteiger partial charge in [0.05, 0.1) is 0 Å². The van der Waals surface area contributed by atoms with Gasteiger partial charge in [0.1, 0.15) is 0 Å². The standard InChI is InChI=1S/C17H20ClN/c1-3-9-19-12-15-7-8-16(18)11-17(15)14-6-4-5-13(2)10-14/h4-8,10-11,19H,3,9,12H2,1-2H3. The highest BCUT2D eigenvalue weighted by atomic mass is 35.5. The van der Waals surface area contributed by atoms with Crippen LogP contribution in [-0.2, 0) is 6.54 Å². The number of hydrogen-bond donors (Lipinski definition) is 1. The third kappa shape index (κ3) is 3.82. The molecule has 0 radical (unpaired) electrons. The van der Waals surface area contributed by atoms with E-state index in [1.807, 2.05) is 6.07 Å². The monoisotopic (exact) mass is 273 g/mol. The van der Waals surface area contributed by atoms with Crippen molar-refractivity contribution < 1.29 is 0 Å². The molecule has 0 saturated carbocycles. The molecule has 0 atom stereocenters. The Kier molecular flexibility index (Phi) is 5.00. The molecule has 0 spiro atoms. The second-order valence-electron chi connectivity index (χ2n) is 4.85. The lowest BCUT2D eigenvalue weighted by atomic mass is 9.98. The molecule has 0 fully saturated rings. The normalized spacial score (nSPS) is 10.7. The quantitative estimate of drug-likeness (QED) is 0.771. The molecule has 0 saturated heterocycles. The number of halogens is 1. The van der Waals surface area contributed by atoms with Crippen LogP contribution in [-0.4, -0.2) is 6.54 Å². The predicted molar refractivity (Wildman–Crippen MR) is 83.6 cm³/mol. The number of benzene rings is 2. The zero-order valence-electron chi connectivity index (χ0n) is 11.5. The van der Waals surface area contributed by atoms with Crippen LogP contribution >= 0.6 is 11.6 Å². The van der Waals surface area contributed by atoms with Crippen LogP contribution in [0.15, 0.2) is 42.5 Å². The minimum Gasteiger partial charge on any atom is -0.313 e. The molecule has 2 aromatic carbocycles. The Balaban J connectivity index is 2.34. The molecular weight excluding hydrogens is 254 g/mol. The summed E-state index contributed by atoms with van der Waals surface area (Å²) in [6.07, 6.45) is 1.15. The zero-order valence-corrected chi connectivity index (χ0v) is 12.3. The minimum atomic E-state index is 0.788. The van der Waals surface area contributed by atoms with E-state index in [0.717, 1.165) is 24.5 Å². The van der Waals surface area contributed by atoms with Crippen LogP contribution in [0.25, 0.3) is 11.1 Å². The first kappa shape index (κ1) is 14.1. The van der Waals surface area contributed by atoms with Crippen LogP contribution < -0.4 is 5.32 Å². The van der Waals surface area contributed by atoms with Crippen molar-refractivity contribution in [2.75, 3.05) is 6.54 Å². The second-order valence-corrected chi connectivity index (χ2v) is 5.28. The number of aryl methyl sites for hydroxylation is 1. The molecule has 0 heterocycles. The first-order valence-electron chi connectivity index (χ1n) is 6.77.